The Kier molecular flexibility index (Phi) is 8.83. The van der Waals surface area contributed by atoms with Crippen LogP contribution < -0.4 is 15.0 Å². The number of anilines is 2. The summed E-state index contributed by atoms with van der Waals surface area (Å²) >= 11 is 0. The van der Waals surface area contributed by atoms with Gasteiger partial charge in [-0.25, -0.2) is 14.8 Å². The Hall–Kier alpha value is -4.08. The van der Waals surface area contributed by atoms with Crippen molar-refractivity contribution in [2.45, 2.75) is 38.8 Å². The minimum atomic E-state index is -0.476. The van der Waals surface area contributed by atoms with Gasteiger partial charge in [0.2, 0.25) is 5.91 Å². The largest absolute Gasteiger partial charge is 0.487 e. The first-order valence-corrected chi connectivity index (χ1v) is 12.4. The van der Waals surface area contributed by atoms with Crippen LogP contribution in [0.3, 0.4) is 0 Å². The Bertz CT molecular complexity index is 1250. The molecule has 12 heteroatoms. The second kappa shape index (κ2) is 12.4. The lowest BCUT2D eigenvalue weighted by Crippen LogP contribution is -2.40. The maximum atomic E-state index is 13.3. The van der Waals surface area contributed by atoms with E-state index < -0.39 is 6.03 Å². The molecule has 12 nitrogen and oxygen atoms in total. The van der Waals surface area contributed by atoms with Crippen LogP contribution in [-0.2, 0) is 27.2 Å². The molecule has 0 spiro atoms. The lowest BCUT2D eigenvalue weighted by Gasteiger charge is -2.30. The third-order valence-electron chi connectivity index (χ3n) is 6.24. The number of nitrogens with one attached hydrogen (secondary N) is 1. The number of ether oxygens (including phenoxy) is 3. The Morgan fingerprint density at radius 2 is 2.18 bits per heavy atom. The summed E-state index contributed by atoms with van der Waals surface area (Å²) in [5.41, 5.74) is 1.86. The fourth-order valence-corrected chi connectivity index (χ4v) is 4.44. The van der Waals surface area contributed by atoms with E-state index in [2.05, 4.69) is 15.3 Å². The first kappa shape index (κ1) is 27.0. The van der Waals surface area contributed by atoms with Crippen LogP contribution in [-0.4, -0.2) is 79.2 Å². The average Bonchev–Trinajstić information content (AvgIpc) is 3.11. The van der Waals surface area contributed by atoms with E-state index >= 15 is 0 Å². The number of aldehydes is 1. The minimum Gasteiger partial charge on any atom is -0.487 e. The summed E-state index contributed by atoms with van der Waals surface area (Å²) in [6.45, 7) is 3.85. The van der Waals surface area contributed by atoms with Crippen LogP contribution in [0.15, 0.2) is 18.3 Å². The van der Waals surface area contributed by atoms with Crippen LogP contribution in [0.5, 0.6) is 5.75 Å². The van der Waals surface area contributed by atoms with Crippen molar-refractivity contribution in [2.24, 2.45) is 0 Å². The molecule has 4 rings (SSSR count). The maximum Gasteiger partial charge on any atom is 0.328 e. The van der Waals surface area contributed by atoms with E-state index in [0.29, 0.717) is 56.8 Å². The third-order valence-corrected chi connectivity index (χ3v) is 6.24. The van der Waals surface area contributed by atoms with Gasteiger partial charge in [-0.1, -0.05) is 0 Å². The van der Waals surface area contributed by atoms with Crippen molar-refractivity contribution in [3.8, 4) is 11.8 Å². The number of nitrogens with zero attached hydrogens (tertiary/aromatic N) is 5. The zero-order valence-corrected chi connectivity index (χ0v) is 21.4. The van der Waals surface area contributed by atoms with Crippen molar-refractivity contribution < 1.29 is 28.6 Å². The number of pyridine rings is 2. The summed E-state index contributed by atoms with van der Waals surface area (Å²) in [6, 6.07) is 4.90. The number of aromatic nitrogens is 2. The number of nitriles is 1. The summed E-state index contributed by atoms with van der Waals surface area (Å²) < 4.78 is 16.2. The number of carbonyl (C=O) groups is 3. The molecule has 0 bridgehead atoms. The number of hydrogen-bond donors (Lipinski definition) is 1. The molecule has 38 heavy (non-hydrogen) atoms. The van der Waals surface area contributed by atoms with E-state index in [-0.39, 0.29) is 48.0 Å². The molecule has 1 fully saturated rings. The maximum absolute atomic E-state index is 13.3. The zero-order chi connectivity index (χ0) is 27.1. The van der Waals surface area contributed by atoms with E-state index in [1.807, 2.05) is 12.1 Å². The molecule has 2 aliphatic rings. The van der Waals surface area contributed by atoms with E-state index in [0.717, 1.165) is 12.0 Å². The second-order valence-corrected chi connectivity index (χ2v) is 9.10. The lowest BCUT2D eigenvalue weighted by molar-refractivity contribution is -0.134. The molecule has 0 radical (unpaired) electrons. The van der Waals surface area contributed by atoms with Gasteiger partial charge in [-0.3, -0.25) is 19.8 Å². The number of rotatable bonds is 8. The highest BCUT2D eigenvalue weighted by Gasteiger charge is 2.27. The molecular weight excluding hydrogens is 492 g/mol. The molecule has 2 aromatic heterocycles. The number of fused-ring (bicyclic) bond motifs is 1. The molecule has 0 aliphatic carbocycles. The summed E-state index contributed by atoms with van der Waals surface area (Å²) in [5, 5.41) is 12.1. The van der Waals surface area contributed by atoms with Gasteiger partial charge in [-0.05, 0) is 37.8 Å². The molecule has 3 amide bonds. The first-order chi connectivity index (χ1) is 18.4. The second-order valence-electron chi connectivity index (χ2n) is 9.10. The monoisotopic (exact) mass is 522 g/mol. The number of carbonyl (C=O) groups excluding carboxylic acids is 3. The first-order valence-electron chi connectivity index (χ1n) is 12.4. The van der Waals surface area contributed by atoms with Gasteiger partial charge in [-0.2, -0.15) is 5.26 Å². The molecule has 2 aliphatic heterocycles. The summed E-state index contributed by atoms with van der Waals surface area (Å²) in [5.74, 6) is 0.743. The Morgan fingerprint density at radius 3 is 2.95 bits per heavy atom. The smallest absolute Gasteiger partial charge is 0.328 e. The van der Waals surface area contributed by atoms with Crippen LogP contribution in [0.25, 0.3) is 0 Å². The van der Waals surface area contributed by atoms with Crippen molar-refractivity contribution in [2.75, 3.05) is 50.2 Å². The predicted molar refractivity (Wildman–Crippen MR) is 136 cm³/mol. The van der Waals surface area contributed by atoms with Crippen LogP contribution in [0.4, 0.5) is 16.4 Å². The molecule has 0 aromatic carbocycles. The van der Waals surface area contributed by atoms with Gasteiger partial charge >= 0.3 is 6.03 Å². The van der Waals surface area contributed by atoms with Crippen LogP contribution in [0.2, 0.25) is 0 Å². The quantitative estimate of drug-likeness (QED) is 0.516. The standard InChI is InChI=1S/C26H30N6O6/c1-17(15-36-2)38-22-10-23(28-12-20(22)11-27)30-26(35)32-7-3-5-18-9-19(21(14-33)29-25(18)32)13-31-6-4-8-37-16-24(31)34/h9-10,12,14,17H,3-8,13,15-16H2,1-2H3,(H,28,30,35). The van der Waals surface area contributed by atoms with Crippen molar-refractivity contribution >= 4 is 29.9 Å². The van der Waals surface area contributed by atoms with Crippen molar-refractivity contribution in [1.29, 1.82) is 5.26 Å². The average molecular weight is 523 g/mol. The van der Waals surface area contributed by atoms with E-state index in [1.165, 1.54) is 17.2 Å². The normalized spacial score (nSPS) is 16.2. The van der Waals surface area contributed by atoms with Gasteiger partial charge in [0, 0.05) is 45.0 Å². The molecule has 4 heterocycles. The highest BCUT2D eigenvalue weighted by atomic mass is 16.5. The number of methoxy groups -OCH3 is 1. The Morgan fingerprint density at radius 1 is 1.34 bits per heavy atom. The predicted octanol–water partition coefficient (Wildman–Crippen LogP) is 2.31. The van der Waals surface area contributed by atoms with E-state index in [9.17, 15) is 19.6 Å². The molecule has 1 atom stereocenters. The van der Waals surface area contributed by atoms with E-state index in [4.69, 9.17) is 14.2 Å². The lowest BCUT2D eigenvalue weighted by atomic mass is 10.0. The highest BCUT2D eigenvalue weighted by molar-refractivity contribution is 6.01. The summed E-state index contributed by atoms with van der Waals surface area (Å²) in [7, 11) is 1.55. The molecule has 1 unspecified atom stereocenters. The molecule has 2 aromatic rings. The fraction of sp³-hybridized carbons (Fsp3) is 0.462. The van der Waals surface area contributed by atoms with Crippen LogP contribution >= 0.6 is 0 Å². The topological polar surface area (TPSA) is 147 Å². The van der Waals surface area contributed by atoms with Crippen molar-refractivity contribution in [3.05, 3.63) is 40.7 Å². The fourth-order valence-electron chi connectivity index (χ4n) is 4.44. The zero-order valence-electron chi connectivity index (χ0n) is 21.4. The number of hydrogen-bond acceptors (Lipinski definition) is 9. The number of urea groups is 1. The van der Waals surface area contributed by atoms with E-state index in [1.54, 1.807) is 18.9 Å². The molecule has 200 valence electrons. The van der Waals surface area contributed by atoms with Crippen molar-refractivity contribution in [3.63, 3.8) is 0 Å². The summed E-state index contributed by atoms with van der Waals surface area (Å²) in [4.78, 5) is 49.4. The SMILES string of the molecule is COCC(C)Oc1cc(NC(=O)N2CCCc3cc(CN4CCCOCC4=O)c(C=O)nc32)ncc1C#N. The van der Waals surface area contributed by atoms with Crippen LogP contribution in [0, 0.1) is 11.3 Å². The molecule has 0 saturated carbocycles. The minimum absolute atomic E-state index is 0.0180. The number of aryl methyl sites for hydroxylation is 1. The van der Waals surface area contributed by atoms with Gasteiger partial charge < -0.3 is 19.1 Å². The summed E-state index contributed by atoms with van der Waals surface area (Å²) in [6.07, 6.45) is 3.76. The van der Waals surface area contributed by atoms with Gasteiger partial charge in [0.15, 0.2) is 6.29 Å². The van der Waals surface area contributed by atoms with Gasteiger partial charge in [0.1, 0.15) is 47.4 Å². The Balaban J connectivity index is 1.55. The van der Waals surface area contributed by atoms with Gasteiger partial charge in [0.05, 0.1) is 12.8 Å². The third kappa shape index (κ3) is 6.24. The highest BCUT2D eigenvalue weighted by Crippen LogP contribution is 2.29. The molecule has 1 saturated heterocycles. The van der Waals surface area contributed by atoms with Crippen LogP contribution in [0.1, 0.15) is 46.9 Å². The molecular formula is C26H30N6O6. The van der Waals surface area contributed by atoms with Gasteiger partial charge in [0.25, 0.3) is 0 Å². The van der Waals surface area contributed by atoms with Gasteiger partial charge in [-0.15, -0.1) is 0 Å². The number of amides is 3. The van der Waals surface area contributed by atoms with Crippen molar-refractivity contribution in [1.82, 2.24) is 14.9 Å². The molecule has 1 N–H and O–H groups in total. The Labute approximate surface area is 220 Å².